The number of nitrogens with zero attached hydrogens (tertiary/aromatic N) is 1. The molecule has 0 amide bonds. The molecule has 1 aromatic rings. The average molecular weight is 268 g/mol. The molecule has 0 atom stereocenters. The van der Waals surface area contributed by atoms with Crippen molar-refractivity contribution in [2.24, 2.45) is 0 Å². The number of nitriles is 1. The molecule has 98 valence electrons. The van der Waals surface area contributed by atoms with Crippen LogP contribution in [0.3, 0.4) is 0 Å². The van der Waals surface area contributed by atoms with E-state index in [9.17, 15) is 26.7 Å². The molecule has 0 bridgehead atoms. The number of H-pyrrole nitrogens is 1. The van der Waals surface area contributed by atoms with Crippen LogP contribution in [0.15, 0.2) is 10.9 Å². The van der Waals surface area contributed by atoms with Gasteiger partial charge in [-0.05, 0) is 0 Å². The molecule has 0 saturated heterocycles. The molecule has 0 fully saturated rings. The number of hydrogen-bond donors (Lipinski definition) is 1. The largest absolute Gasteiger partial charge is 0.573 e. The zero-order chi connectivity index (χ0) is 13.9. The van der Waals surface area contributed by atoms with Gasteiger partial charge >= 0.3 is 6.36 Å². The molecule has 9 heteroatoms. The standard InChI is InChI=1S/C9H5F5N2O2/c10-8(11)4-3-6(17)16-5(1-2-15)7(4)18-9(12,13)14/h3,8H,1H2,(H,16,17). The number of aromatic nitrogens is 1. The highest BCUT2D eigenvalue weighted by Crippen LogP contribution is 2.34. The maximum absolute atomic E-state index is 12.5. The van der Waals surface area contributed by atoms with E-state index in [1.807, 2.05) is 4.98 Å². The lowest BCUT2D eigenvalue weighted by molar-refractivity contribution is -0.275. The van der Waals surface area contributed by atoms with Crippen LogP contribution in [0.1, 0.15) is 17.7 Å². The van der Waals surface area contributed by atoms with Gasteiger partial charge in [0.1, 0.15) is 0 Å². The van der Waals surface area contributed by atoms with E-state index in [1.165, 1.54) is 6.07 Å². The minimum atomic E-state index is -5.20. The Morgan fingerprint density at radius 2 is 2.06 bits per heavy atom. The summed E-state index contributed by atoms with van der Waals surface area (Å²) in [5.41, 5.74) is -2.89. The zero-order valence-electron chi connectivity index (χ0n) is 8.52. The second-order valence-corrected chi connectivity index (χ2v) is 3.08. The molecule has 0 spiro atoms. The van der Waals surface area contributed by atoms with Gasteiger partial charge in [0.25, 0.3) is 6.43 Å². The molecule has 1 rings (SSSR count). The average Bonchev–Trinajstić information content (AvgIpc) is 2.19. The summed E-state index contributed by atoms with van der Waals surface area (Å²) in [6, 6.07) is 1.74. The van der Waals surface area contributed by atoms with Crippen LogP contribution in [0, 0.1) is 11.3 Å². The van der Waals surface area contributed by atoms with Gasteiger partial charge in [-0.3, -0.25) is 4.79 Å². The molecule has 1 aromatic heterocycles. The second kappa shape index (κ2) is 5.03. The van der Waals surface area contributed by atoms with Gasteiger partial charge in [0.05, 0.1) is 23.7 Å². The quantitative estimate of drug-likeness (QED) is 0.855. The predicted octanol–water partition coefficient (Wildman–Crippen LogP) is 2.28. The van der Waals surface area contributed by atoms with Gasteiger partial charge in [0.15, 0.2) is 5.75 Å². The van der Waals surface area contributed by atoms with E-state index in [0.717, 1.165) is 0 Å². The van der Waals surface area contributed by atoms with E-state index in [-0.39, 0.29) is 0 Å². The minimum absolute atomic E-state index is 0.298. The van der Waals surface area contributed by atoms with Crippen molar-refractivity contribution in [3.63, 3.8) is 0 Å². The van der Waals surface area contributed by atoms with Crippen LogP contribution < -0.4 is 10.3 Å². The first-order valence-electron chi connectivity index (χ1n) is 4.41. The molecule has 4 nitrogen and oxygen atoms in total. The fourth-order valence-corrected chi connectivity index (χ4v) is 1.22. The highest BCUT2D eigenvalue weighted by Gasteiger charge is 2.35. The molecular weight excluding hydrogens is 263 g/mol. The van der Waals surface area contributed by atoms with Crippen LogP contribution in [0.2, 0.25) is 0 Å². The van der Waals surface area contributed by atoms with Crippen molar-refractivity contribution in [2.45, 2.75) is 19.2 Å². The molecule has 1 heterocycles. The first kappa shape index (κ1) is 14.0. The third-order valence-corrected chi connectivity index (χ3v) is 1.81. The summed E-state index contributed by atoms with van der Waals surface area (Å²) in [5, 5.41) is 8.37. The second-order valence-electron chi connectivity index (χ2n) is 3.08. The van der Waals surface area contributed by atoms with Crippen molar-refractivity contribution >= 4 is 0 Å². The molecule has 1 N–H and O–H groups in total. The lowest BCUT2D eigenvalue weighted by Crippen LogP contribution is -2.22. The maximum atomic E-state index is 12.5. The molecule has 0 saturated carbocycles. The number of pyridine rings is 1. The van der Waals surface area contributed by atoms with Crippen LogP contribution >= 0.6 is 0 Å². The monoisotopic (exact) mass is 268 g/mol. The molecule has 0 aliphatic rings. The van der Waals surface area contributed by atoms with Gasteiger partial charge in [0, 0.05) is 6.07 Å². The summed E-state index contributed by atoms with van der Waals surface area (Å²) >= 11 is 0. The van der Waals surface area contributed by atoms with E-state index >= 15 is 0 Å². The fourth-order valence-electron chi connectivity index (χ4n) is 1.22. The maximum Gasteiger partial charge on any atom is 0.573 e. The Hall–Kier alpha value is -2.11. The summed E-state index contributed by atoms with van der Waals surface area (Å²) in [6.45, 7) is 0. The minimum Gasteiger partial charge on any atom is -0.403 e. The van der Waals surface area contributed by atoms with Crippen LogP contribution in [0.25, 0.3) is 0 Å². The van der Waals surface area contributed by atoms with Crippen molar-refractivity contribution in [1.29, 1.82) is 5.26 Å². The molecule has 0 aliphatic carbocycles. The Labute approximate surface area is 96.6 Å². The Bertz CT molecular complexity index is 529. The van der Waals surface area contributed by atoms with E-state index < -0.39 is 41.8 Å². The SMILES string of the molecule is N#CCc1[nH]c(=O)cc(C(F)F)c1OC(F)(F)F. The smallest absolute Gasteiger partial charge is 0.403 e. The van der Waals surface area contributed by atoms with Crippen LogP contribution in [0.5, 0.6) is 5.75 Å². The van der Waals surface area contributed by atoms with Gasteiger partial charge in [-0.1, -0.05) is 0 Å². The summed E-state index contributed by atoms with van der Waals surface area (Å²) in [7, 11) is 0. The van der Waals surface area contributed by atoms with Crippen molar-refractivity contribution in [3.05, 3.63) is 27.7 Å². The lowest BCUT2D eigenvalue weighted by Gasteiger charge is -2.15. The highest BCUT2D eigenvalue weighted by atomic mass is 19.4. The Kier molecular flexibility index (Phi) is 3.90. The number of hydrogen-bond acceptors (Lipinski definition) is 3. The number of rotatable bonds is 3. The summed E-state index contributed by atoms with van der Waals surface area (Å²) in [6.07, 6.45) is -9.23. The van der Waals surface area contributed by atoms with Crippen molar-refractivity contribution in [1.82, 2.24) is 4.98 Å². The highest BCUT2D eigenvalue weighted by molar-refractivity contribution is 5.39. The Morgan fingerprint density at radius 1 is 1.44 bits per heavy atom. The van der Waals surface area contributed by atoms with Gasteiger partial charge < -0.3 is 9.72 Å². The summed E-state index contributed by atoms with van der Waals surface area (Å²) < 4.78 is 64.7. The lowest BCUT2D eigenvalue weighted by atomic mass is 10.1. The van der Waals surface area contributed by atoms with Gasteiger partial charge in [-0.15, -0.1) is 13.2 Å². The summed E-state index contributed by atoms with van der Waals surface area (Å²) in [5.74, 6) is -1.24. The molecular formula is C9H5F5N2O2. The number of halogens is 5. The van der Waals surface area contributed by atoms with Crippen LogP contribution in [-0.2, 0) is 6.42 Å². The summed E-state index contributed by atoms with van der Waals surface area (Å²) in [4.78, 5) is 12.8. The van der Waals surface area contributed by atoms with E-state index in [2.05, 4.69) is 4.74 Å². The first-order chi connectivity index (χ1) is 8.24. The topological polar surface area (TPSA) is 65.9 Å². The Balaban J connectivity index is 3.41. The third-order valence-electron chi connectivity index (χ3n) is 1.81. The molecule has 0 aromatic carbocycles. The van der Waals surface area contributed by atoms with Crippen LogP contribution in [0.4, 0.5) is 22.0 Å². The zero-order valence-corrected chi connectivity index (χ0v) is 8.52. The predicted molar refractivity (Wildman–Crippen MR) is 48.0 cm³/mol. The number of ether oxygens (including phenoxy) is 1. The van der Waals surface area contributed by atoms with Gasteiger partial charge in [0.2, 0.25) is 5.56 Å². The van der Waals surface area contributed by atoms with Gasteiger partial charge in [-0.2, -0.15) is 5.26 Å². The van der Waals surface area contributed by atoms with Crippen molar-refractivity contribution in [2.75, 3.05) is 0 Å². The van der Waals surface area contributed by atoms with Gasteiger partial charge in [-0.25, -0.2) is 8.78 Å². The molecule has 0 aliphatic heterocycles. The van der Waals surface area contributed by atoms with Crippen molar-refractivity contribution < 1.29 is 26.7 Å². The molecule has 18 heavy (non-hydrogen) atoms. The van der Waals surface area contributed by atoms with E-state index in [4.69, 9.17) is 5.26 Å². The third kappa shape index (κ3) is 3.44. The molecule has 0 radical (unpaired) electrons. The number of alkyl halides is 5. The Morgan fingerprint density at radius 3 is 2.50 bits per heavy atom. The van der Waals surface area contributed by atoms with E-state index in [1.54, 1.807) is 0 Å². The number of nitrogens with one attached hydrogen (secondary N) is 1. The van der Waals surface area contributed by atoms with Crippen molar-refractivity contribution in [3.8, 4) is 11.8 Å². The number of aromatic amines is 1. The molecule has 0 unspecified atom stereocenters. The fraction of sp³-hybridized carbons (Fsp3) is 0.333. The van der Waals surface area contributed by atoms with E-state index in [0.29, 0.717) is 6.07 Å². The van der Waals surface area contributed by atoms with Crippen LogP contribution in [-0.4, -0.2) is 11.3 Å². The first-order valence-corrected chi connectivity index (χ1v) is 4.41. The normalized spacial score (nSPS) is 11.4.